The molecule has 0 spiro atoms. The largest absolute Gasteiger partial charge is 0.399 e. The van der Waals surface area contributed by atoms with Crippen LogP contribution >= 0.6 is 0 Å². The minimum atomic E-state index is 0.709. The molecule has 2 aromatic heterocycles. The van der Waals surface area contributed by atoms with Crippen molar-refractivity contribution in [1.82, 2.24) is 19.7 Å². The summed E-state index contributed by atoms with van der Waals surface area (Å²) in [4.78, 5) is 8.51. The van der Waals surface area contributed by atoms with Crippen molar-refractivity contribution in [2.24, 2.45) is 0 Å². The monoisotopic (exact) mass is 268 g/mol. The van der Waals surface area contributed by atoms with Crippen molar-refractivity contribution >= 4 is 22.4 Å². The van der Waals surface area contributed by atoms with Gasteiger partial charge in [0.15, 0.2) is 0 Å². The average Bonchev–Trinajstić information content (AvgIpc) is 2.96. The third-order valence-corrected chi connectivity index (χ3v) is 3.08. The molecule has 0 fully saturated rings. The molecule has 3 N–H and O–H groups in total. The van der Waals surface area contributed by atoms with E-state index in [9.17, 15) is 0 Å². The molecule has 2 heterocycles. The molecule has 0 radical (unpaired) electrons. The van der Waals surface area contributed by atoms with Crippen LogP contribution in [0.4, 0.5) is 11.5 Å². The number of rotatable bonds is 5. The molecule has 0 saturated carbocycles. The number of nitrogens with two attached hydrogens (primary N) is 1. The van der Waals surface area contributed by atoms with Crippen LogP contribution < -0.4 is 11.1 Å². The van der Waals surface area contributed by atoms with Crippen LogP contribution in [-0.4, -0.2) is 26.3 Å². The van der Waals surface area contributed by atoms with Crippen LogP contribution in [0.25, 0.3) is 10.9 Å². The normalized spacial score (nSPS) is 10.8. The molecule has 0 saturated heterocycles. The molecule has 0 aliphatic rings. The van der Waals surface area contributed by atoms with Gasteiger partial charge in [0.1, 0.15) is 12.1 Å². The summed E-state index contributed by atoms with van der Waals surface area (Å²) in [6, 6.07) is 7.59. The fourth-order valence-electron chi connectivity index (χ4n) is 2.10. The van der Waals surface area contributed by atoms with Gasteiger partial charge in [0.25, 0.3) is 0 Å². The summed E-state index contributed by atoms with van der Waals surface area (Å²) < 4.78 is 1.92. The number of hydrogen-bond acceptors (Lipinski definition) is 5. The summed E-state index contributed by atoms with van der Waals surface area (Å²) in [5, 5.41) is 8.49. The van der Waals surface area contributed by atoms with Crippen molar-refractivity contribution in [1.29, 1.82) is 0 Å². The Morgan fingerprint density at radius 1 is 1.25 bits per heavy atom. The van der Waals surface area contributed by atoms with Gasteiger partial charge in [0.05, 0.1) is 5.52 Å². The number of aryl methyl sites for hydroxylation is 1. The van der Waals surface area contributed by atoms with E-state index in [4.69, 9.17) is 5.73 Å². The summed E-state index contributed by atoms with van der Waals surface area (Å²) in [7, 11) is 0. The number of nitrogens with one attached hydrogen (secondary N) is 1. The van der Waals surface area contributed by atoms with Gasteiger partial charge in [-0.1, -0.05) is 0 Å². The highest BCUT2D eigenvalue weighted by Gasteiger charge is 2.03. The van der Waals surface area contributed by atoms with Gasteiger partial charge < -0.3 is 11.1 Å². The van der Waals surface area contributed by atoms with E-state index in [0.717, 1.165) is 36.2 Å². The minimum Gasteiger partial charge on any atom is -0.399 e. The Kier molecular flexibility index (Phi) is 3.45. The molecule has 6 nitrogen and oxygen atoms in total. The van der Waals surface area contributed by atoms with Gasteiger partial charge in [0, 0.05) is 36.6 Å². The van der Waals surface area contributed by atoms with Gasteiger partial charge in [-0.3, -0.25) is 4.68 Å². The second-order valence-electron chi connectivity index (χ2n) is 4.55. The number of nitrogen functional groups attached to an aromatic ring is 1. The molecule has 0 atom stereocenters. The Balaban J connectivity index is 1.65. The first kappa shape index (κ1) is 12.4. The van der Waals surface area contributed by atoms with Crippen LogP contribution in [0.5, 0.6) is 0 Å². The molecule has 3 rings (SSSR count). The van der Waals surface area contributed by atoms with Crippen molar-refractivity contribution in [3.63, 3.8) is 0 Å². The summed E-state index contributed by atoms with van der Waals surface area (Å²) in [5.41, 5.74) is 7.32. The number of nitrogens with zero attached hydrogens (tertiary/aromatic N) is 4. The quantitative estimate of drug-likeness (QED) is 0.545. The van der Waals surface area contributed by atoms with E-state index in [1.54, 1.807) is 12.5 Å². The number of anilines is 2. The zero-order valence-electron chi connectivity index (χ0n) is 11.0. The Morgan fingerprint density at radius 2 is 2.20 bits per heavy atom. The first-order chi connectivity index (χ1) is 9.83. The molecule has 0 amide bonds. The van der Waals surface area contributed by atoms with Crippen LogP contribution in [0.15, 0.2) is 43.0 Å². The molecule has 20 heavy (non-hydrogen) atoms. The van der Waals surface area contributed by atoms with Crippen molar-refractivity contribution in [3.05, 3.63) is 43.0 Å². The average molecular weight is 268 g/mol. The maximum absolute atomic E-state index is 5.76. The molecule has 1 aromatic carbocycles. The minimum absolute atomic E-state index is 0.709. The van der Waals surface area contributed by atoms with Gasteiger partial charge in [-0.25, -0.2) is 9.97 Å². The second kappa shape index (κ2) is 5.56. The van der Waals surface area contributed by atoms with Crippen LogP contribution in [0.3, 0.4) is 0 Å². The van der Waals surface area contributed by atoms with E-state index in [1.165, 1.54) is 0 Å². The first-order valence-corrected chi connectivity index (χ1v) is 6.54. The highest BCUT2D eigenvalue weighted by molar-refractivity contribution is 5.90. The Bertz CT molecular complexity index is 692. The number of fused-ring (bicyclic) bond motifs is 1. The Hall–Kier alpha value is -2.63. The summed E-state index contributed by atoms with van der Waals surface area (Å²) in [6.07, 6.45) is 6.28. The first-order valence-electron chi connectivity index (χ1n) is 6.54. The summed E-state index contributed by atoms with van der Waals surface area (Å²) in [5.74, 6) is 0.843. The molecular formula is C14H16N6. The van der Waals surface area contributed by atoms with Gasteiger partial charge in [0.2, 0.25) is 0 Å². The van der Waals surface area contributed by atoms with E-state index >= 15 is 0 Å². The molecular weight excluding hydrogens is 252 g/mol. The summed E-state index contributed by atoms with van der Waals surface area (Å²) >= 11 is 0. The molecule has 0 bridgehead atoms. The maximum atomic E-state index is 5.76. The lowest BCUT2D eigenvalue weighted by atomic mass is 10.2. The molecule has 3 aromatic rings. The molecule has 0 aliphatic heterocycles. The third kappa shape index (κ3) is 2.69. The van der Waals surface area contributed by atoms with Crippen LogP contribution in [0, 0.1) is 0 Å². The van der Waals surface area contributed by atoms with Crippen molar-refractivity contribution in [2.45, 2.75) is 13.0 Å². The van der Waals surface area contributed by atoms with E-state index in [2.05, 4.69) is 20.4 Å². The van der Waals surface area contributed by atoms with Gasteiger partial charge >= 0.3 is 0 Å². The third-order valence-electron chi connectivity index (χ3n) is 3.08. The topological polar surface area (TPSA) is 81.6 Å². The van der Waals surface area contributed by atoms with Gasteiger partial charge in [-0.2, -0.15) is 5.10 Å². The Morgan fingerprint density at radius 3 is 3.05 bits per heavy atom. The van der Waals surface area contributed by atoms with Crippen molar-refractivity contribution < 1.29 is 0 Å². The Labute approximate surface area is 116 Å². The lowest BCUT2D eigenvalue weighted by Gasteiger charge is -2.08. The van der Waals surface area contributed by atoms with Crippen molar-refractivity contribution in [2.75, 3.05) is 17.6 Å². The van der Waals surface area contributed by atoms with Crippen LogP contribution in [0.2, 0.25) is 0 Å². The molecule has 102 valence electrons. The van der Waals surface area contributed by atoms with E-state index < -0.39 is 0 Å². The SMILES string of the molecule is Nc1ccc2c(NCCCn3cccn3)ncnc2c1. The van der Waals surface area contributed by atoms with Crippen LogP contribution in [0.1, 0.15) is 6.42 Å². The van der Waals surface area contributed by atoms with E-state index in [0.29, 0.717) is 5.69 Å². The van der Waals surface area contributed by atoms with Gasteiger partial charge in [-0.15, -0.1) is 0 Å². The number of benzene rings is 1. The zero-order valence-corrected chi connectivity index (χ0v) is 11.0. The highest BCUT2D eigenvalue weighted by atomic mass is 15.3. The fourth-order valence-corrected chi connectivity index (χ4v) is 2.10. The lowest BCUT2D eigenvalue weighted by molar-refractivity contribution is 0.591. The van der Waals surface area contributed by atoms with E-state index in [1.807, 2.05) is 35.1 Å². The predicted molar refractivity (Wildman–Crippen MR) is 79.3 cm³/mol. The van der Waals surface area contributed by atoms with Crippen LogP contribution in [-0.2, 0) is 6.54 Å². The predicted octanol–water partition coefficient (Wildman–Crippen LogP) is 1.91. The fraction of sp³-hybridized carbons (Fsp3) is 0.214. The zero-order chi connectivity index (χ0) is 13.8. The highest BCUT2D eigenvalue weighted by Crippen LogP contribution is 2.20. The molecule has 0 aliphatic carbocycles. The number of hydrogen-bond donors (Lipinski definition) is 2. The molecule has 0 unspecified atom stereocenters. The molecule has 6 heteroatoms. The number of aromatic nitrogens is 4. The van der Waals surface area contributed by atoms with Gasteiger partial charge in [-0.05, 0) is 30.7 Å². The summed E-state index contributed by atoms with van der Waals surface area (Å²) in [6.45, 7) is 1.71. The maximum Gasteiger partial charge on any atom is 0.137 e. The standard InChI is InChI=1S/C14H16N6/c15-11-3-4-12-13(9-11)17-10-18-14(12)16-5-1-7-20-8-2-6-19-20/h2-4,6,8-10H,1,5,7,15H2,(H,16,17,18). The van der Waals surface area contributed by atoms with Crippen molar-refractivity contribution in [3.8, 4) is 0 Å². The second-order valence-corrected chi connectivity index (χ2v) is 4.55. The smallest absolute Gasteiger partial charge is 0.137 e. The lowest BCUT2D eigenvalue weighted by Crippen LogP contribution is -2.08. The van der Waals surface area contributed by atoms with E-state index in [-0.39, 0.29) is 0 Å².